The Hall–Kier alpha value is 0.310. The number of nitrogens with two attached hydrogens (primary N) is 1. The molecule has 0 amide bonds. The maximum atomic E-state index is 6.24. The van der Waals surface area contributed by atoms with Gasteiger partial charge in [-0.15, -0.1) is 0 Å². The van der Waals surface area contributed by atoms with Gasteiger partial charge in [0.1, 0.15) is 0 Å². The van der Waals surface area contributed by atoms with Crippen LogP contribution in [0.1, 0.15) is 44.9 Å². The van der Waals surface area contributed by atoms with Gasteiger partial charge in [-0.3, -0.25) is 0 Å². The zero-order chi connectivity index (χ0) is 9.10. The van der Waals surface area contributed by atoms with E-state index in [1.54, 1.807) is 0 Å². The summed E-state index contributed by atoms with van der Waals surface area (Å²) in [6.45, 7) is 0. The van der Waals surface area contributed by atoms with Gasteiger partial charge >= 0.3 is 0 Å². The van der Waals surface area contributed by atoms with Crippen LogP contribution >= 0.6 is 11.8 Å². The average molecular weight is 199 g/mol. The summed E-state index contributed by atoms with van der Waals surface area (Å²) in [6.07, 6.45) is 9.86. The number of rotatable bonds is 3. The Morgan fingerprint density at radius 2 is 2.00 bits per heavy atom. The van der Waals surface area contributed by atoms with E-state index in [0.29, 0.717) is 6.04 Å². The SMILES string of the molecule is NC(CC1CCC1)C1CCCCS1. The highest BCUT2D eigenvalue weighted by Crippen LogP contribution is 2.34. The Morgan fingerprint density at radius 1 is 1.15 bits per heavy atom. The van der Waals surface area contributed by atoms with E-state index in [-0.39, 0.29) is 0 Å². The third kappa shape index (κ3) is 2.63. The van der Waals surface area contributed by atoms with E-state index in [1.165, 1.54) is 50.7 Å². The summed E-state index contributed by atoms with van der Waals surface area (Å²) in [5, 5.41) is 0.786. The topological polar surface area (TPSA) is 26.0 Å². The minimum Gasteiger partial charge on any atom is -0.327 e. The van der Waals surface area contributed by atoms with E-state index in [1.807, 2.05) is 0 Å². The second-order valence-electron chi connectivity index (χ2n) is 4.60. The Balaban J connectivity index is 1.70. The van der Waals surface area contributed by atoms with Crippen molar-refractivity contribution in [3.8, 4) is 0 Å². The second-order valence-corrected chi connectivity index (χ2v) is 5.95. The summed E-state index contributed by atoms with van der Waals surface area (Å²) in [5.41, 5.74) is 6.24. The van der Waals surface area contributed by atoms with E-state index in [9.17, 15) is 0 Å². The molecule has 0 radical (unpaired) electrons. The van der Waals surface area contributed by atoms with Gasteiger partial charge in [0.15, 0.2) is 0 Å². The molecule has 2 heteroatoms. The quantitative estimate of drug-likeness (QED) is 0.756. The number of thioether (sulfide) groups is 1. The minimum atomic E-state index is 0.496. The molecule has 2 N–H and O–H groups in total. The van der Waals surface area contributed by atoms with Gasteiger partial charge in [-0.05, 0) is 30.9 Å². The molecule has 1 aliphatic carbocycles. The van der Waals surface area contributed by atoms with Crippen LogP contribution in [0.5, 0.6) is 0 Å². The van der Waals surface area contributed by atoms with Crippen molar-refractivity contribution in [1.82, 2.24) is 0 Å². The van der Waals surface area contributed by atoms with Crippen LogP contribution in [-0.4, -0.2) is 17.0 Å². The fraction of sp³-hybridized carbons (Fsp3) is 1.00. The minimum absolute atomic E-state index is 0.496. The van der Waals surface area contributed by atoms with Crippen molar-refractivity contribution < 1.29 is 0 Å². The van der Waals surface area contributed by atoms with Crippen molar-refractivity contribution in [3.63, 3.8) is 0 Å². The van der Waals surface area contributed by atoms with Crippen molar-refractivity contribution in [1.29, 1.82) is 0 Å². The molecule has 2 unspecified atom stereocenters. The van der Waals surface area contributed by atoms with Gasteiger partial charge < -0.3 is 5.73 Å². The van der Waals surface area contributed by atoms with Crippen LogP contribution < -0.4 is 5.73 Å². The molecule has 2 rings (SSSR count). The average Bonchev–Trinajstić information content (AvgIpc) is 2.12. The molecule has 1 heterocycles. The van der Waals surface area contributed by atoms with Crippen LogP contribution in [0.2, 0.25) is 0 Å². The second kappa shape index (κ2) is 4.70. The Morgan fingerprint density at radius 3 is 2.54 bits per heavy atom. The van der Waals surface area contributed by atoms with Gasteiger partial charge in [-0.2, -0.15) is 11.8 Å². The molecule has 1 aliphatic heterocycles. The molecule has 0 spiro atoms. The van der Waals surface area contributed by atoms with Gasteiger partial charge in [-0.25, -0.2) is 0 Å². The van der Waals surface area contributed by atoms with E-state index in [2.05, 4.69) is 11.8 Å². The summed E-state index contributed by atoms with van der Waals surface area (Å²) in [4.78, 5) is 0. The third-order valence-electron chi connectivity index (χ3n) is 3.52. The summed E-state index contributed by atoms with van der Waals surface area (Å²) in [6, 6.07) is 0.496. The lowest BCUT2D eigenvalue weighted by Gasteiger charge is -2.33. The van der Waals surface area contributed by atoms with E-state index >= 15 is 0 Å². The van der Waals surface area contributed by atoms with Gasteiger partial charge in [0.05, 0.1) is 0 Å². The van der Waals surface area contributed by atoms with Crippen molar-refractivity contribution in [3.05, 3.63) is 0 Å². The molecule has 76 valence electrons. The maximum Gasteiger partial charge on any atom is 0.0199 e. The van der Waals surface area contributed by atoms with Crippen LogP contribution in [0.3, 0.4) is 0 Å². The first kappa shape index (κ1) is 9.85. The molecular formula is C11H21NS. The number of hydrogen-bond donors (Lipinski definition) is 1. The van der Waals surface area contributed by atoms with E-state index < -0.39 is 0 Å². The predicted octanol–water partition coefficient (Wildman–Crippen LogP) is 2.79. The van der Waals surface area contributed by atoms with Crippen molar-refractivity contribution >= 4 is 11.8 Å². The molecule has 0 aromatic heterocycles. The molecule has 2 aliphatic rings. The molecule has 2 fully saturated rings. The summed E-state index contributed by atoms with van der Waals surface area (Å²) < 4.78 is 0. The van der Waals surface area contributed by atoms with E-state index in [0.717, 1.165) is 11.2 Å². The number of hydrogen-bond acceptors (Lipinski definition) is 2. The third-order valence-corrected chi connectivity index (χ3v) is 5.06. The van der Waals surface area contributed by atoms with Crippen LogP contribution in [-0.2, 0) is 0 Å². The summed E-state index contributed by atoms with van der Waals surface area (Å²) >= 11 is 2.12. The zero-order valence-corrected chi connectivity index (χ0v) is 9.19. The first-order valence-electron chi connectivity index (χ1n) is 5.73. The summed E-state index contributed by atoms with van der Waals surface area (Å²) in [7, 11) is 0. The predicted molar refractivity (Wildman–Crippen MR) is 60.0 cm³/mol. The fourth-order valence-electron chi connectivity index (χ4n) is 2.37. The lowest BCUT2D eigenvalue weighted by Crippen LogP contribution is -2.37. The monoisotopic (exact) mass is 199 g/mol. The highest BCUT2D eigenvalue weighted by molar-refractivity contribution is 8.00. The van der Waals surface area contributed by atoms with Gasteiger partial charge in [0, 0.05) is 11.3 Å². The van der Waals surface area contributed by atoms with Crippen LogP contribution in [0.15, 0.2) is 0 Å². The lowest BCUT2D eigenvalue weighted by atomic mass is 9.80. The van der Waals surface area contributed by atoms with Gasteiger partial charge in [-0.1, -0.05) is 25.7 Å². The van der Waals surface area contributed by atoms with Crippen LogP contribution in [0.25, 0.3) is 0 Å². The molecule has 0 bridgehead atoms. The first-order valence-corrected chi connectivity index (χ1v) is 6.78. The summed E-state index contributed by atoms with van der Waals surface area (Å²) in [5.74, 6) is 2.33. The smallest absolute Gasteiger partial charge is 0.0199 e. The Bertz CT molecular complexity index is 150. The molecule has 1 saturated heterocycles. The zero-order valence-electron chi connectivity index (χ0n) is 8.37. The highest BCUT2D eigenvalue weighted by atomic mass is 32.2. The van der Waals surface area contributed by atoms with Crippen molar-refractivity contribution in [2.24, 2.45) is 11.7 Å². The van der Waals surface area contributed by atoms with Gasteiger partial charge in [0.25, 0.3) is 0 Å². The molecule has 0 aromatic rings. The van der Waals surface area contributed by atoms with Crippen LogP contribution in [0, 0.1) is 5.92 Å². The molecular weight excluding hydrogens is 178 g/mol. The van der Waals surface area contributed by atoms with Crippen molar-refractivity contribution in [2.75, 3.05) is 5.75 Å². The Kier molecular flexibility index (Phi) is 3.56. The van der Waals surface area contributed by atoms with Crippen molar-refractivity contribution in [2.45, 2.75) is 56.2 Å². The molecule has 1 saturated carbocycles. The normalized spacial score (nSPS) is 32.5. The fourth-order valence-corrected chi connectivity index (χ4v) is 3.73. The molecule has 1 nitrogen and oxygen atoms in total. The Labute approximate surface area is 85.8 Å². The first-order chi connectivity index (χ1) is 6.36. The molecule has 2 atom stereocenters. The maximum absolute atomic E-state index is 6.24. The largest absolute Gasteiger partial charge is 0.327 e. The van der Waals surface area contributed by atoms with Gasteiger partial charge in [0.2, 0.25) is 0 Å². The molecule has 13 heavy (non-hydrogen) atoms. The van der Waals surface area contributed by atoms with Crippen LogP contribution in [0.4, 0.5) is 0 Å². The molecule has 0 aromatic carbocycles. The van der Waals surface area contributed by atoms with E-state index in [4.69, 9.17) is 5.73 Å². The standard InChI is InChI=1S/C11H21NS/c12-10(8-9-4-3-5-9)11-6-1-2-7-13-11/h9-11H,1-8,12H2. The highest BCUT2D eigenvalue weighted by Gasteiger charge is 2.26. The lowest BCUT2D eigenvalue weighted by molar-refractivity contribution is 0.271.